The van der Waals surface area contributed by atoms with Crippen molar-refractivity contribution in [3.8, 4) is 11.8 Å². The van der Waals surface area contributed by atoms with E-state index in [0.29, 0.717) is 18.8 Å². The molecule has 0 aromatic heterocycles. The number of nitrogens with zero attached hydrogens (tertiary/aromatic N) is 1. The van der Waals surface area contributed by atoms with Crippen LogP contribution in [0.25, 0.3) is 0 Å². The first-order valence-corrected chi connectivity index (χ1v) is 7.87. The number of benzene rings is 1. The first kappa shape index (κ1) is 14.4. The Morgan fingerprint density at radius 3 is 2.86 bits per heavy atom. The van der Waals surface area contributed by atoms with E-state index in [1.54, 1.807) is 0 Å². The van der Waals surface area contributed by atoms with E-state index in [-0.39, 0.29) is 12.5 Å². The molecule has 1 aromatic rings. The van der Waals surface area contributed by atoms with Crippen LogP contribution in [0.15, 0.2) is 24.3 Å². The molecule has 1 N–H and O–H groups in total. The molecule has 4 unspecified atom stereocenters. The molecule has 0 bridgehead atoms. The number of hydrogen-bond acceptors (Lipinski definition) is 3. The van der Waals surface area contributed by atoms with Crippen LogP contribution in [-0.4, -0.2) is 17.3 Å². The topological polar surface area (TPSA) is 53.2 Å². The Labute approximate surface area is 126 Å². The number of hydrogen-bond donors (Lipinski definition) is 1. The maximum absolute atomic E-state index is 11.4. The van der Waals surface area contributed by atoms with E-state index in [2.05, 4.69) is 19.9 Å². The van der Waals surface area contributed by atoms with Crippen LogP contribution >= 0.6 is 0 Å². The van der Waals surface area contributed by atoms with Crippen molar-refractivity contribution >= 4 is 0 Å². The van der Waals surface area contributed by atoms with Gasteiger partial charge in [-0.2, -0.15) is 5.26 Å². The molecule has 0 saturated heterocycles. The second-order valence-electron chi connectivity index (χ2n) is 6.85. The third-order valence-corrected chi connectivity index (χ3v) is 5.81. The van der Waals surface area contributed by atoms with Gasteiger partial charge in [-0.15, -0.1) is 0 Å². The molecule has 1 saturated carbocycles. The summed E-state index contributed by atoms with van der Waals surface area (Å²) in [5.74, 6) is 1.40. The van der Waals surface area contributed by atoms with Crippen LogP contribution in [0, 0.1) is 28.6 Å². The van der Waals surface area contributed by atoms with Crippen molar-refractivity contribution in [2.24, 2.45) is 17.3 Å². The molecule has 4 atom stereocenters. The molecule has 3 rings (SSSR count). The van der Waals surface area contributed by atoms with Gasteiger partial charge in [-0.3, -0.25) is 0 Å². The Morgan fingerprint density at radius 1 is 1.33 bits per heavy atom. The molecule has 1 aromatic carbocycles. The molecule has 2 aliphatic rings. The van der Waals surface area contributed by atoms with Crippen molar-refractivity contribution in [1.82, 2.24) is 0 Å². The lowest BCUT2D eigenvalue weighted by molar-refractivity contribution is -0.149. The summed E-state index contributed by atoms with van der Waals surface area (Å²) in [5.41, 5.74) is -0.772. The quantitative estimate of drug-likeness (QED) is 0.861. The lowest BCUT2D eigenvalue weighted by Crippen LogP contribution is -2.60. The summed E-state index contributed by atoms with van der Waals surface area (Å²) in [6.45, 7) is 4.55. The normalized spacial score (nSPS) is 39.0. The Balaban J connectivity index is 2.01. The SMILES string of the molecule is CC1CCCC(O)(C2(C#N)COc3ccccc3C2)C1C. The molecule has 3 heteroatoms. The van der Waals surface area contributed by atoms with Gasteiger partial charge in [-0.25, -0.2) is 0 Å². The van der Waals surface area contributed by atoms with E-state index in [0.717, 1.165) is 24.2 Å². The molecule has 0 amide bonds. The predicted octanol–water partition coefficient (Wildman–Crippen LogP) is 3.32. The van der Waals surface area contributed by atoms with Gasteiger partial charge >= 0.3 is 0 Å². The molecule has 112 valence electrons. The molecule has 3 nitrogen and oxygen atoms in total. The van der Waals surface area contributed by atoms with E-state index in [9.17, 15) is 10.4 Å². The highest BCUT2D eigenvalue weighted by Crippen LogP contribution is 2.51. The van der Waals surface area contributed by atoms with E-state index < -0.39 is 11.0 Å². The number of ether oxygens (including phenoxy) is 1. The summed E-state index contributed by atoms with van der Waals surface area (Å²) in [5, 5.41) is 21.3. The van der Waals surface area contributed by atoms with Gasteiger partial charge in [0.05, 0.1) is 11.7 Å². The Morgan fingerprint density at radius 2 is 2.10 bits per heavy atom. The van der Waals surface area contributed by atoms with Gasteiger partial charge in [0.15, 0.2) is 0 Å². The van der Waals surface area contributed by atoms with E-state index >= 15 is 0 Å². The first-order valence-electron chi connectivity index (χ1n) is 7.87. The number of nitriles is 1. The fourth-order valence-electron chi connectivity index (χ4n) is 4.13. The number of fused-ring (bicyclic) bond motifs is 1. The van der Waals surface area contributed by atoms with Gasteiger partial charge in [0.25, 0.3) is 0 Å². The molecule has 1 fully saturated rings. The summed E-state index contributed by atoms with van der Waals surface area (Å²) in [6, 6.07) is 10.3. The molecule has 21 heavy (non-hydrogen) atoms. The minimum atomic E-state index is -0.965. The van der Waals surface area contributed by atoms with Crippen molar-refractivity contribution in [3.63, 3.8) is 0 Å². The third kappa shape index (κ3) is 2.05. The third-order valence-electron chi connectivity index (χ3n) is 5.81. The average Bonchev–Trinajstić information content (AvgIpc) is 2.52. The average molecular weight is 285 g/mol. The van der Waals surface area contributed by atoms with E-state index in [1.807, 2.05) is 24.3 Å². The zero-order valence-corrected chi connectivity index (χ0v) is 12.8. The van der Waals surface area contributed by atoms with Crippen LogP contribution in [0.1, 0.15) is 38.7 Å². The van der Waals surface area contributed by atoms with Gasteiger partial charge in [0.2, 0.25) is 0 Å². The Hall–Kier alpha value is -1.53. The van der Waals surface area contributed by atoms with Gasteiger partial charge in [-0.1, -0.05) is 44.9 Å². The van der Waals surface area contributed by atoms with Crippen LogP contribution in [0.4, 0.5) is 0 Å². The van der Waals surface area contributed by atoms with Gasteiger partial charge < -0.3 is 9.84 Å². The van der Waals surface area contributed by atoms with Crippen molar-refractivity contribution in [2.75, 3.05) is 6.61 Å². The van der Waals surface area contributed by atoms with Gasteiger partial charge in [0.1, 0.15) is 17.8 Å². The summed E-state index contributed by atoms with van der Waals surface area (Å²) in [4.78, 5) is 0. The maximum atomic E-state index is 11.4. The number of aliphatic hydroxyl groups is 1. The zero-order valence-electron chi connectivity index (χ0n) is 12.8. The second kappa shape index (κ2) is 5.03. The first-order chi connectivity index (χ1) is 10.0. The monoisotopic (exact) mass is 285 g/mol. The summed E-state index contributed by atoms with van der Waals surface area (Å²) >= 11 is 0. The van der Waals surface area contributed by atoms with E-state index in [1.165, 1.54) is 0 Å². The molecule has 1 heterocycles. The van der Waals surface area contributed by atoms with Crippen LogP contribution in [0.5, 0.6) is 5.75 Å². The molecular formula is C18H23NO2. The van der Waals surface area contributed by atoms with Crippen LogP contribution in [-0.2, 0) is 6.42 Å². The Bertz CT molecular complexity index is 579. The fourth-order valence-corrected chi connectivity index (χ4v) is 4.13. The molecule has 0 radical (unpaired) electrons. The summed E-state index contributed by atoms with van der Waals surface area (Å²) < 4.78 is 5.85. The van der Waals surface area contributed by atoms with E-state index in [4.69, 9.17) is 4.74 Å². The summed E-state index contributed by atoms with van der Waals surface area (Å²) in [7, 11) is 0. The molecule has 1 aliphatic heterocycles. The second-order valence-corrected chi connectivity index (χ2v) is 6.85. The van der Waals surface area contributed by atoms with Crippen LogP contribution in [0.3, 0.4) is 0 Å². The van der Waals surface area contributed by atoms with Crippen molar-refractivity contribution in [1.29, 1.82) is 5.26 Å². The number of para-hydroxylation sites is 1. The van der Waals surface area contributed by atoms with Crippen LogP contribution in [0.2, 0.25) is 0 Å². The Kier molecular flexibility index (Phi) is 3.45. The lowest BCUT2D eigenvalue weighted by atomic mass is 9.56. The molecular weight excluding hydrogens is 262 g/mol. The highest BCUT2D eigenvalue weighted by atomic mass is 16.5. The van der Waals surface area contributed by atoms with Gasteiger partial charge in [-0.05, 0) is 29.9 Å². The fraction of sp³-hybridized carbons (Fsp3) is 0.611. The summed E-state index contributed by atoms with van der Waals surface area (Å²) in [6.07, 6.45) is 3.38. The standard InChI is InChI=1S/C18H23NO2/c1-13-6-5-9-18(20,14(13)2)17(11-19)10-15-7-3-4-8-16(15)21-12-17/h3-4,7-8,13-14,20H,5-6,9-10,12H2,1-2H3. The molecule has 1 aliphatic carbocycles. The highest BCUT2D eigenvalue weighted by molar-refractivity contribution is 5.39. The predicted molar refractivity (Wildman–Crippen MR) is 80.8 cm³/mol. The molecule has 0 spiro atoms. The van der Waals surface area contributed by atoms with Crippen molar-refractivity contribution < 1.29 is 9.84 Å². The smallest absolute Gasteiger partial charge is 0.124 e. The minimum Gasteiger partial charge on any atom is -0.492 e. The minimum absolute atomic E-state index is 0.111. The van der Waals surface area contributed by atoms with Gasteiger partial charge in [0, 0.05) is 6.42 Å². The van der Waals surface area contributed by atoms with Crippen molar-refractivity contribution in [3.05, 3.63) is 29.8 Å². The largest absolute Gasteiger partial charge is 0.492 e. The highest BCUT2D eigenvalue weighted by Gasteiger charge is 2.58. The number of rotatable bonds is 1. The van der Waals surface area contributed by atoms with Crippen molar-refractivity contribution in [2.45, 2.75) is 45.1 Å². The zero-order chi connectivity index (χ0) is 15.1. The maximum Gasteiger partial charge on any atom is 0.124 e. The lowest BCUT2D eigenvalue weighted by Gasteiger charge is -2.52. The van der Waals surface area contributed by atoms with Crippen LogP contribution < -0.4 is 4.74 Å².